The van der Waals surface area contributed by atoms with Crippen LogP contribution in [0.5, 0.6) is 0 Å². The molecule has 22 heavy (non-hydrogen) atoms. The summed E-state index contributed by atoms with van der Waals surface area (Å²) in [5.74, 6) is -0.660. The van der Waals surface area contributed by atoms with Crippen molar-refractivity contribution in [1.29, 1.82) is 0 Å². The highest BCUT2D eigenvalue weighted by molar-refractivity contribution is 5.95. The Kier molecular flexibility index (Phi) is 5.06. The van der Waals surface area contributed by atoms with Crippen molar-refractivity contribution in [2.75, 3.05) is 38.7 Å². The third kappa shape index (κ3) is 3.24. The van der Waals surface area contributed by atoms with E-state index in [1.807, 2.05) is 32.2 Å². The average molecular weight is 304 g/mol. The molecule has 0 fully saturated rings. The highest BCUT2D eigenvalue weighted by Gasteiger charge is 2.23. The van der Waals surface area contributed by atoms with Crippen molar-refractivity contribution in [3.8, 4) is 0 Å². The maximum atomic E-state index is 12.7. The molecule has 1 unspecified atom stereocenters. The highest BCUT2D eigenvalue weighted by Crippen LogP contribution is 2.28. The molecule has 5 heteroatoms. The van der Waals surface area contributed by atoms with Crippen molar-refractivity contribution in [3.63, 3.8) is 0 Å². The van der Waals surface area contributed by atoms with E-state index in [-0.39, 0.29) is 17.8 Å². The summed E-state index contributed by atoms with van der Waals surface area (Å²) in [5.41, 5.74) is 3.08. The topological polar surface area (TPSA) is 49.9 Å². The number of anilines is 1. The summed E-state index contributed by atoms with van der Waals surface area (Å²) < 4.78 is 4.73. The molecular weight excluding hydrogens is 280 g/mol. The van der Waals surface area contributed by atoms with Crippen LogP contribution in [0, 0.1) is 5.92 Å². The Balaban J connectivity index is 2.15. The van der Waals surface area contributed by atoms with Crippen LogP contribution in [0.15, 0.2) is 18.2 Å². The second-order valence-corrected chi connectivity index (χ2v) is 5.78. The number of carbonyl (C=O) groups is 2. The van der Waals surface area contributed by atoms with E-state index in [1.165, 1.54) is 12.7 Å². The van der Waals surface area contributed by atoms with Crippen LogP contribution in [0.1, 0.15) is 29.8 Å². The lowest BCUT2D eigenvalue weighted by Crippen LogP contribution is -2.37. The van der Waals surface area contributed by atoms with E-state index >= 15 is 0 Å². The summed E-state index contributed by atoms with van der Waals surface area (Å²) in [5, 5.41) is 0. The van der Waals surface area contributed by atoms with Crippen LogP contribution >= 0.6 is 0 Å². The van der Waals surface area contributed by atoms with Crippen LogP contribution in [-0.4, -0.2) is 50.6 Å². The van der Waals surface area contributed by atoms with Crippen LogP contribution in [0.3, 0.4) is 0 Å². The quantitative estimate of drug-likeness (QED) is 0.780. The van der Waals surface area contributed by atoms with Gasteiger partial charge in [0.05, 0.1) is 13.0 Å². The van der Waals surface area contributed by atoms with E-state index < -0.39 is 0 Å². The number of esters is 1. The fraction of sp³-hybridized carbons (Fsp3) is 0.529. The van der Waals surface area contributed by atoms with Crippen LogP contribution in [-0.2, 0) is 16.0 Å². The number of carbonyl (C=O) groups excluding carboxylic acids is 2. The molecule has 5 nitrogen and oxygen atoms in total. The normalized spacial score (nSPS) is 14.5. The first-order valence-electron chi connectivity index (χ1n) is 7.69. The second kappa shape index (κ2) is 6.81. The molecule has 1 aliphatic heterocycles. The van der Waals surface area contributed by atoms with E-state index in [9.17, 15) is 9.59 Å². The van der Waals surface area contributed by atoms with Gasteiger partial charge in [0.25, 0.3) is 5.91 Å². The van der Waals surface area contributed by atoms with Crippen molar-refractivity contribution in [2.24, 2.45) is 5.92 Å². The SMILES string of the molecule is CCN(CC(C)C(=O)OC)C(=O)c1ccc2c(c1)N(C)CC2. The van der Waals surface area contributed by atoms with Crippen molar-refractivity contribution in [2.45, 2.75) is 20.3 Å². The monoisotopic (exact) mass is 304 g/mol. The molecule has 1 aromatic carbocycles. The van der Waals surface area contributed by atoms with Gasteiger partial charge in [-0.25, -0.2) is 0 Å². The second-order valence-electron chi connectivity index (χ2n) is 5.78. The highest BCUT2D eigenvalue weighted by atomic mass is 16.5. The molecule has 0 N–H and O–H groups in total. The molecule has 0 bridgehead atoms. The number of ether oxygens (including phenoxy) is 1. The molecular formula is C17H24N2O3. The molecule has 1 atom stereocenters. The molecule has 1 amide bonds. The first-order chi connectivity index (χ1) is 10.5. The van der Waals surface area contributed by atoms with E-state index in [1.54, 1.807) is 11.8 Å². The lowest BCUT2D eigenvalue weighted by molar-refractivity contribution is -0.145. The van der Waals surface area contributed by atoms with Crippen molar-refractivity contribution in [3.05, 3.63) is 29.3 Å². The van der Waals surface area contributed by atoms with Gasteiger partial charge in [0.1, 0.15) is 0 Å². The number of hydrogen-bond acceptors (Lipinski definition) is 4. The number of likely N-dealkylation sites (N-methyl/N-ethyl adjacent to an activating group) is 1. The van der Waals surface area contributed by atoms with Gasteiger partial charge < -0.3 is 14.5 Å². The summed E-state index contributed by atoms with van der Waals surface area (Å²) in [6.07, 6.45) is 1.02. The van der Waals surface area contributed by atoms with Gasteiger partial charge in [-0.1, -0.05) is 13.0 Å². The Labute approximate surface area is 131 Å². The van der Waals surface area contributed by atoms with Gasteiger partial charge in [-0.15, -0.1) is 0 Å². The molecule has 2 rings (SSSR count). The Morgan fingerprint density at radius 2 is 2.14 bits per heavy atom. The molecule has 1 aromatic rings. The molecule has 0 aromatic heterocycles. The molecule has 0 saturated heterocycles. The standard InChI is InChI=1S/C17H24N2O3/c1-5-19(11-12(2)17(21)22-4)16(20)14-7-6-13-8-9-18(3)15(13)10-14/h6-7,10,12H,5,8-9,11H2,1-4H3. The van der Waals surface area contributed by atoms with E-state index in [2.05, 4.69) is 4.90 Å². The summed E-state index contributed by atoms with van der Waals surface area (Å²) in [7, 11) is 3.41. The Morgan fingerprint density at radius 1 is 1.41 bits per heavy atom. The van der Waals surface area contributed by atoms with Crippen molar-refractivity contribution >= 4 is 17.6 Å². The third-order valence-corrected chi connectivity index (χ3v) is 4.23. The molecule has 1 aliphatic rings. The molecule has 0 spiro atoms. The van der Waals surface area contributed by atoms with Crippen molar-refractivity contribution < 1.29 is 14.3 Å². The van der Waals surface area contributed by atoms with Crippen LogP contribution in [0.2, 0.25) is 0 Å². The fourth-order valence-corrected chi connectivity index (χ4v) is 2.82. The first kappa shape index (κ1) is 16.3. The predicted molar refractivity (Wildman–Crippen MR) is 86.2 cm³/mol. The lowest BCUT2D eigenvalue weighted by atomic mass is 10.1. The number of rotatable bonds is 5. The van der Waals surface area contributed by atoms with Crippen LogP contribution in [0.25, 0.3) is 0 Å². The maximum Gasteiger partial charge on any atom is 0.310 e. The van der Waals surface area contributed by atoms with Gasteiger partial charge in [-0.05, 0) is 31.0 Å². The minimum Gasteiger partial charge on any atom is -0.469 e. The minimum absolute atomic E-state index is 0.0404. The van der Waals surface area contributed by atoms with Crippen LogP contribution in [0.4, 0.5) is 5.69 Å². The smallest absolute Gasteiger partial charge is 0.310 e. The van der Waals surface area contributed by atoms with E-state index in [0.29, 0.717) is 18.7 Å². The van der Waals surface area contributed by atoms with E-state index in [0.717, 1.165) is 18.7 Å². The zero-order chi connectivity index (χ0) is 16.3. The van der Waals surface area contributed by atoms with Gasteiger partial charge >= 0.3 is 5.97 Å². The molecule has 0 radical (unpaired) electrons. The molecule has 120 valence electrons. The van der Waals surface area contributed by atoms with Crippen LogP contribution < -0.4 is 4.90 Å². The third-order valence-electron chi connectivity index (χ3n) is 4.23. The number of fused-ring (bicyclic) bond motifs is 1. The zero-order valence-electron chi connectivity index (χ0n) is 13.8. The molecule has 0 aliphatic carbocycles. The Bertz CT molecular complexity index is 571. The number of nitrogens with zero attached hydrogens (tertiary/aromatic N) is 2. The Morgan fingerprint density at radius 3 is 2.77 bits per heavy atom. The van der Waals surface area contributed by atoms with Gasteiger partial charge in [-0.3, -0.25) is 9.59 Å². The summed E-state index contributed by atoms with van der Waals surface area (Å²) in [4.78, 5) is 28.1. The fourth-order valence-electron chi connectivity index (χ4n) is 2.82. The molecule has 0 saturated carbocycles. The van der Waals surface area contributed by atoms with Gasteiger partial charge in [0.2, 0.25) is 0 Å². The largest absolute Gasteiger partial charge is 0.469 e. The van der Waals surface area contributed by atoms with Gasteiger partial charge in [-0.2, -0.15) is 0 Å². The van der Waals surface area contributed by atoms with Crippen molar-refractivity contribution in [1.82, 2.24) is 4.90 Å². The number of benzene rings is 1. The van der Waals surface area contributed by atoms with Gasteiger partial charge in [0.15, 0.2) is 0 Å². The Hall–Kier alpha value is -2.04. The minimum atomic E-state index is -0.328. The predicted octanol–water partition coefficient (Wildman–Crippen LogP) is 1.95. The summed E-state index contributed by atoms with van der Waals surface area (Å²) in [6.45, 7) is 5.62. The average Bonchev–Trinajstić information content (AvgIpc) is 2.91. The zero-order valence-corrected chi connectivity index (χ0v) is 13.8. The molecule has 1 heterocycles. The first-order valence-corrected chi connectivity index (χ1v) is 7.69. The maximum absolute atomic E-state index is 12.7. The summed E-state index contributed by atoms with van der Waals surface area (Å²) >= 11 is 0. The van der Waals surface area contributed by atoms with E-state index in [4.69, 9.17) is 4.74 Å². The number of hydrogen-bond donors (Lipinski definition) is 0. The number of methoxy groups -OCH3 is 1. The van der Waals surface area contributed by atoms with Gasteiger partial charge in [0, 0.05) is 37.9 Å². The lowest BCUT2D eigenvalue weighted by Gasteiger charge is -2.24. The summed E-state index contributed by atoms with van der Waals surface area (Å²) in [6, 6.07) is 5.87. The number of amides is 1.